The zero-order valence-electron chi connectivity index (χ0n) is 29.8. The monoisotopic (exact) mass is 658 g/mol. The Hall–Kier alpha value is -4.82. The van der Waals surface area contributed by atoms with Crippen molar-refractivity contribution in [3.63, 3.8) is 0 Å². The average Bonchev–Trinajstić information content (AvgIpc) is 3.79. The molecule has 0 saturated carbocycles. The number of benzene rings is 4. The Balaban J connectivity index is 1.26. The van der Waals surface area contributed by atoms with Gasteiger partial charge in [0.25, 0.3) is 0 Å². The summed E-state index contributed by atoms with van der Waals surface area (Å²) in [6.45, 7) is 4.52. The molecule has 2 nitrogen and oxygen atoms in total. The summed E-state index contributed by atoms with van der Waals surface area (Å²) in [5.41, 5.74) is 12.3. The molecule has 1 aliphatic heterocycles. The molecule has 0 fully saturated rings. The molecule has 2 heteroatoms. The Bertz CT molecular complexity index is 1900. The maximum Gasteiger partial charge on any atom is 0.138 e. The van der Waals surface area contributed by atoms with E-state index in [1.807, 2.05) is 0 Å². The van der Waals surface area contributed by atoms with Gasteiger partial charge in [0.1, 0.15) is 23.0 Å². The molecule has 0 unspecified atom stereocenters. The highest BCUT2D eigenvalue weighted by molar-refractivity contribution is 5.77. The van der Waals surface area contributed by atoms with Crippen molar-refractivity contribution in [2.24, 2.45) is 0 Å². The molecule has 0 saturated heterocycles. The topological polar surface area (TPSA) is 26.3 Å². The summed E-state index contributed by atoms with van der Waals surface area (Å²) in [6, 6.07) is 40.0. The van der Waals surface area contributed by atoms with E-state index in [1.54, 1.807) is 0 Å². The van der Waals surface area contributed by atoms with Crippen LogP contribution in [-0.4, -0.2) is 0 Å². The molecule has 4 aromatic carbocycles. The van der Waals surface area contributed by atoms with Crippen LogP contribution in [0.2, 0.25) is 0 Å². The van der Waals surface area contributed by atoms with Crippen LogP contribution in [0.15, 0.2) is 118 Å². The number of hydrogen-bond acceptors (Lipinski definition) is 2. The van der Waals surface area contributed by atoms with Gasteiger partial charge in [0, 0.05) is 22.3 Å². The van der Waals surface area contributed by atoms with Gasteiger partial charge in [-0.25, -0.2) is 0 Å². The van der Waals surface area contributed by atoms with Crippen LogP contribution in [-0.2, 0) is 25.7 Å². The summed E-state index contributed by atoms with van der Waals surface area (Å²) in [6.07, 6.45) is 18.1. The van der Waals surface area contributed by atoms with Gasteiger partial charge in [-0.3, -0.25) is 0 Å². The van der Waals surface area contributed by atoms with Crippen molar-refractivity contribution in [2.45, 2.75) is 90.9 Å². The highest BCUT2D eigenvalue weighted by atomic mass is 16.3. The van der Waals surface area contributed by atoms with Crippen LogP contribution in [0.5, 0.6) is 0 Å². The smallest absolute Gasteiger partial charge is 0.138 e. The lowest BCUT2D eigenvalue weighted by molar-refractivity contribution is 0.592. The second-order valence-electron chi connectivity index (χ2n) is 14.0. The summed E-state index contributed by atoms with van der Waals surface area (Å²) in [5.74, 6) is 3.92. The summed E-state index contributed by atoms with van der Waals surface area (Å²) in [7, 11) is 0. The van der Waals surface area contributed by atoms with Crippen LogP contribution >= 0.6 is 0 Å². The minimum atomic E-state index is 0.938. The second-order valence-corrected chi connectivity index (χ2v) is 14.0. The normalized spacial score (nSPS) is 14.0. The maximum atomic E-state index is 6.72. The van der Waals surface area contributed by atoms with Crippen LogP contribution < -0.4 is 0 Å². The fraction of sp³-hybridized carbons (Fsp3) is 0.292. The van der Waals surface area contributed by atoms with Gasteiger partial charge in [-0.15, -0.1) is 0 Å². The Morgan fingerprint density at radius 2 is 0.900 bits per heavy atom. The molecule has 6 aromatic rings. The van der Waals surface area contributed by atoms with Gasteiger partial charge in [0.15, 0.2) is 0 Å². The lowest BCUT2D eigenvalue weighted by Gasteiger charge is -2.08. The third-order valence-corrected chi connectivity index (χ3v) is 10.1. The molecule has 0 N–H and O–H groups in total. The summed E-state index contributed by atoms with van der Waals surface area (Å²) in [5, 5.41) is 0. The van der Waals surface area contributed by atoms with Crippen molar-refractivity contribution in [2.75, 3.05) is 0 Å². The van der Waals surface area contributed by atoms with E-state index < -0.39 is 0 Å². The molecule has 0 aliphatic carbocycles. The first kappa shape index (κ1) is 33.7. The Morgan fingerprint density at radius 3 is 1.36 bits per heavy atom. The molecular formula is C48H50O2. The predicted octanol–water partition coefficient (Wildman–Crippen LogP) is 14.1. The van der Waals surface area contributed by atoms with Crippen LogP contribution in [0.4, 0.5) is 0 Å². The molecule has 7 rings (SSSR count). The minimum absolute atomic E-state index is 0.938. The van der Waals surface area contributed by atoms with E-state index >= 15 is 0 Å². The molecule has 0 spiro atoms. The maximum absolute atomic E-state index is 6.72. The van der Waals surface area contributed by atoms with Gasteiger partial charge >= 0.3 is 0 Å². The quantitative estimate of drug-likeness (QED) is 0.178. The summed E-state index contributed by atoms with van der Waals surface area (Å²) < 4.78 is 13.4. The zero-order chi connectivity index (χ0) is 34.1. The lowest BCUT2D eigenvalue weighted by atomic mass is 9.98. The van der Waals surface area contributed by atoms with E-state index in [1.165, 1.54) is 59.1 Å². The molecule has 3 heterocycles. The van der Waals surface area contributed by atoms with Gasteiger partial charge < -0.3 is 8.83 Å². The van der Waals surface area contributed by atoms with Gasteiger partial charge in [-0.05, 0) is 121 Å². The van der Waals surface area contributed by atoms with E-state index in [-0.39, 0.29) is 0 Å². The first-order valence-corrected chi connectivity index (χ1v) is 19.0. The van der Waals surface area contributed by atoms with E-state index in [0.29, 0.717) is 0 Å². The van der Waals surface area contributed by atoms with Crippen LogP contribution in [0.25, 0.3) is 57.4 Å². The van der Waals surface area contributed by atoms with E-state index in [4.69, 9.17) is 8.83 Å². The van der Waals surface area contributed by atoms with E-state index in [2.05, 4.69) is 135 Å². The fourth-order valence-electron chi connectivity index (χ4n) is 7.27. The first-order valence-electron chi connectivity index (χ1n) is 19.0. The molecule has 0 atom stereocenters. The third kappa shape index (κ3) is 8.13. The molecule has 12 bridgehead atoms. The average molecular weight is 659 g/mol. The first-order chi connectivity index (χ1) is 24.7. The standard InChI is InChI=1S/C48H50O2/c1-3-5-21-43-33-45-39-23-11-19-37(29-39)27-28-38-20-12-24-40(30-38)46-34-44(22-6-4-2)48(50-46)42-26-14-18-36(32-42)16-10-8-7-9-15-35-17-13-25-41(31-35)47(43)49-45/h11-14,17-20,23-34H,3-10,15-16,21-22H2,1-2H3/b28-27-. The van der Waals surface area contributed by atoms with Crippen LogP contribution in [0.1, 0.15) is 98.6 Å². The van der Waals surface area contributed by atoms with Crippen molar-refractivity contribution in [1.82, 2.24) is 0 Å². The van der Waals surface area contributed by atoms with Crippen molar-refractivity contribution < 1.29 is 8.83 Å². The molecule has 0 amide bonds. The highest BCUT2D eigenvalue weighted by Gasteiger charge is 2.17. The summed E-state index contributed by atoms with van der Waals surface area (Å²) in [4.78, 5) is 0. The number of hydrogen-bond donors (Lipinski definition) is 0. The minimum Gasteiger partial charge on any atom is -0.456 e. The van der Waals surface area contributed by atoms with Gasteiger partial charge in [0.2, 0.25) is 0 Å². The van der Waals surface area contributed by atoms with Crippen molar-refractivity contribution in [3.05, 3.63) is 143 Å². The largest absolute Gasteiger partial charge is 0.456 e. The van der Waals surface area contributed by atoms with Crippen molar-refractivity contribution >= 4 is 12.2 Å². The fourth-order valence-corrected chi connectivity index (χ4v) is 7.27. The van der Waals surface area contributed by atoms with E-state index in [0.717, 1.165) is 96.7 Å². The molecule has 50 heavy (non-hydrogen) atoms. The number of fused-ring (bicyclic) bond motifs is 16. The summed E-state index contributed by atoms with van der Waals surface area (Å²) >= 11 is 0. The molecule has 1 aliphatic rings. The third-order valence-electron chi connectivity index (χ3n) is 10.1. The Kier molecular flexibility index (Phi) is 10.9. The number of rotatable bonds is 6. The van der Waals surface area contributed by atoms with Gasteiger partial charge in [0.05, 0.1) is 0 Å². The van der Waals surface area contributed by atoms with Gasteiger partial charge in [-0.2, -0.15) is 0 Å². The molecule has 0 radical (unpaired) electrons. The van der Waals surface area contributed by atoms with Crippen LogP contribution in [0, 0.1) is 0 Å². The second kappa shape index (κ2) is 16.3. The van der Waals surface area contributed by atoms with Crippen molar-refractivity contribution in [1.29, 1.82) is 0 Å². The number of unbranched alkanes of at least 4 members (excludes halogenated alkanes) is 2. The zero-order valence-corrected chi connectivity index (χ0v) is 29.8. The highest BCUT2D eigenvalue weighted by Crippen LogP contribution is 2.37. The van der Waals surface area contributed by atoms with E-state index in [9.17, 15) is 0 Å². The lowest BCUT2D eigenvalue weighted by Crippen LogP contribution is -1.91. The number of furan rings is 2. The number of aryl methyl sites for hydroxylation is 4. The molecular weight excluding hydrogens is 609 g/mol. The molecule has 254 valence electrons. The Morgan fingerprint density at radius 1 is 0.460 bits per heavy atom. The molecule has 2 aromatic heterocycles. The van der Waals surface area contributed by atoms with Crippen LogP contribution in [0.3, 0.4) is 0 Å². The predicted molar refractivity (Wildman–Crippen MR) is 211 cm³/mol. The Labute approximate surface area is 298 Å². The van der Waals surface area contributed by atoms with Crippen molar-refractivity contribution in [3.8, 4) is 45.3 Å². The SMILES string of the molecule is CCCCc1cc2oc1-c1cccc(c1)CCCCCCc1cccc(c1)-c1oc(cc1CCCC)-c1cccc(c1)/C=C\c1cccc-2c1. The van der Waals surface area contributed by atoms with Gasteiger partial charge in [-0.1, -0.05) is 124 Å².